The number of amides is 3. The number of carbonyl (C=O) groups excluding carboxylic acids is 3. The molecule has 1 aliphatic carbocycles. The highest BCUT2D eigenvalue weighted by Crippen LogP contribution is 2.45. The molecular weight excluding hydrogens is 511 g/mol. The number of anilines is 1. The minimum atomic E-state index is -4.63. The highest BCUT2D eigenvalue weighted by Gasteiger charge is 2.47. The maximum atomic E-state index is 14.1. The number of carbonyl (C=O) groups is 3. The lowest BCUT2D eigenvalue weighted by molar-refractivity contribution is -0.137. The molecule has 0 aromatic heterocycles. The number of hydrogen-bond donors (Lipinski definition) is 0. The zero-order chi connectivity index (χ0) is 27.9. The van der Waals surface area contributed by atoms with Gasteiger partial charge in [-0.1, -0.05) is 18.2 Å². The van der Waals surface area contributed by atoms with Gasteiger partial charge in [0.15, 0.2) is 5.78 Å². The van der Waals surface area contributed by atoms with Crippen molar-refractivity contribution in [3.05, 3.63) is 76.5 Å². The summed E-state index contributed by atoms with van der Waals surface area (Å²) in [7, 11) is 1.95. The summed E-state index contributed by atoms with van der Waals surface area (Å²) in [6.07, 6.45) is -4.34. The van der Waals surface area contributed by atoms with Gasteiger partial charge < -0.3 is 14.7 Å². The van der Waals surface area contributed by atoms with E-state index < -0.39 is 23.8 Å². The highest BCUT2D eigenvalue weighted by atomic mass is 19.4. The van der Waals surface area contributed by atoms with Crippen molar-refractivity contribution in [2.45, 2.75) is 25.1 Å². The van der Waals surface area contributed by atoms with Crippen LogP contribution in [0, 0.1) is 11.3 Å². The molecule has 0 bridgehead atoms. The predicted octanol–water partition coefficient (Wildman–Crippen LogP) is 3.95. The number of allylic oxidation sites excluding steroid dienone is 1. The molecule has 2 aromatic carbocycles. The first-order chi connectivity index (χ1) is 18.6. The maximum Gasteiger partial charge on any atom is 0.416 e. The van der Waals surface area contributed by atoms with Crippen molar-refractivity contribution < 1.29 is 27.6 Å². The van der Waals surface area contributed by atoms with Gasteiger partial charge in [0.2, 0.25) is 5.91 Å². The molecule has 1 fully saturated rings. The molecule has 8 nitrogen and oxygen atoms in total. The number of urea groups is 1. The summed E-state index contributed by atoms with van der Waals surface area (Å²) in [4.78, 5) is 46.9. The predicted molar refractivity (Wildman–Crippen MR) is 135 cm³/mol. The molecule has 11 heteroatoms. The van der Waals surface area contributed by atoms with E-state index in [4.69, 9.17) is 0 Å². The lowest BCUT2D eigenvalue weighted by Crippen LogP contribution is -2.55. The van der Waals surface area contributed by atoms with E-state index in [-0.39, 0.29) is 42.3 Å². The number of halogens is 3. The molecule has 0 radical (unpaired) electrons. The van der Waals surface area contributed by atoms with Crippen LogP contribution in [0.4, 0.5) is 23.7 Å². The van der Waals surface area contributed by atoms with E-state index in [9.17, 15) is 32.8 Å². The van der Waals surface area contributed by atoms with Crippen LogP contribution in [0.5, 0.6) is 0 Å². The zero-order valence-electron chi connectivity index (χ0n) is 21.2. The minimum Gasteiger partial charge on any atom is -0.339 e. The summed E-state index contributed by atoms with van der Waals surface area (Å²) in [6.45, 7) is 1.94. The molecule has 2 heterocycles. The van der Waals surface area contributed by atoms with Crippen LogP contribution in [0.2, 0.25) is 0 Å². The van der Waals surface area contributed by atoms with Crippen molar-refractivity contribution in [1.82, 2.24) is 14.7 Å². The zero-order valence-corrected chi connectivity index (χ0v) is 21.2. The summed E-state index contributed by atoms with van der Waals surface area (Å²) < 4.78 is 40.6. The molecule has 2 aromatic rings. The number of hydrogen-bond acceptors (Lipinski definition) is 5. The van der Waals surface area contributed by atoms with Crippen molar-refractivity contribution in [2.75, 3.05) is 44.7 Å². The third-order valence-electron chi connectivity index (χ3n) is 7.44. The van der Waals surface area contributed by atoms with E-state index in [1.807, 2.05) is 13.1 Å². The molecule has 1 saturated heterocycles. The van der Waals surface area contributed by atoms with Gasteiger partial charge in [-0.15, -0.1) is 0 Å². The summed E-state index contributed by atoms with van der Waals surface area (Å²) in [5.74, 6) is -0.547. The van der Waals surface area contributed by atoms with Crippen LogP contribution >= 0.6 is 0 Å². The lowest BCUT2D eigenvalue weighted by Gasteiger charge is -2.43. The van der Waals surface area contributed by atoms with Gasteiger partial charge >= 0.3 is 12.2 Å². The van der Waals surface area contributed by atoms with Gasteiger partial charge in [-0.2, -0.15) is 18.4 Å². The van der Waals surface area contributed by atoms with Crippen LogP contribution in [0.15, 0.2) is 59.8 Å². The average Bonchev–Trinajstić information content (AvgIpc) is 3.29. The van der Waals surface area contributed by atoms with Gasteiger partial charge in [0.25, 0.3) is 0 Å². The molecule has 3 aliphatic rings. The highest BCUT2D eigenvalue weighted by molar-refractivity contribution is 6.08. The molecule has 5 rings (SSSR count). The second-order valence-corrected chi connectivity index (χ2v) is 9.90. The van der Waals surface area contributed by atoms with E-state index in [2.05, 4.69) is 4.90 Å². The minimum absolute atomic E-state index is 0.0210. The molecule has 0 N–H and O–H groups in total. The quantitative estimate of drug-likeness (QED) is 0.590. The van der Waals surface area contributed by atoms with Crippen molar-refractivity contribution in [3.63, 3.8) is 0 Å². The van der Waals surface area contributed by atoms with Gasteiger partial charge in [-0.05, 0) is 49.4 Å². The van der Waals surface area contributed by atoms with Crippen LogP contribution in [0.3, 0.4) is 0 Å². The summed E-state index contributed by atoms with van der Waals surface area (Å²) in [5.41, 5.74) is 0.601. The molecule has 39 heavy (non-hydrogen) atoms. The number of alkyl halides is 3. The van der Waals surface area contributed by atoms with Gasteiger partial charge in [0, 0.05) is 43.9 Å². The molecule has 2 aliphatic heterocycles. The number of likely N-dealkylation sites (N-methyl/N-ethyl adjacent to an activating group) is 1. The number of piperazine rings is 1. The second kappa shape index (κ2) is 10.2. The standard InChI is InChI=1S/C28H26F3N5O3/c1-33-11-13-34(14-12-33)24(38)17-35-26(19-7-5-18(16-32)6-8-19)25-22(9-10-23(25)37)36(27(35)39)21-4-2-3-20(15-21)28(29,30)31/h2-8,15,26H,9-14,17H2,1H3. The van der Waals surface area contributed by atoms with E-state index in [0.717, 1.165) is 17.0 Å². The van der Waals surface area contributed by atoms with Crippen LogP contribution in [-0.4, -0.2) is 72.2 Å². The molecule has 0 spiro atoms. The van der Waals surface area contributed by atoms with Crippen LogP contribution in [0.25, 0.3) is 0 Å². The second-order valence-electron chi connectivity index (χ2n) is 9.90. The third-order valence-corrected chi connectivity index (χ3v) is 7.44. The first kappa shape index (κ1) is 26.4. The number of ketones is 1. The van der Waals surface area contributed by atoms with Crippen molar-refractivity contribution >= 4 is 23.4 Å². The Morgan fingerprint density at radius 3 is 2.36 bits per heavy atom. The first-order valence-corrected chi connectivity index (χ1v) is 12.6. The normalized spacial score (nSPS) is 20.4. The van der Waals surface area contributed by atoms with Gasteiger partial charge in [0.05, 0.1) is 28.9 Å². The summed E-state index contributed by atoms with van der Waals surface area (Å²) in [6, 6.07) is 11.3. The Hall–Kier alpha value is -4.17. The van der Waals surface area contributed by atoms with E-state index in [0.29, 0.717) is 43.0 Å². The Morgan fingerprint density at radius 1 is 1.03 bits per heavy atom. The Bertz CT molecular complexity index is 1390. The first-order valence-electron chi connectivity index (χ1n) is 12.6. The van der Waals surface area contributed by atoms with Crippen LogP contribution in [-0.2, 0) is 15.8 Å². The maximum absolute atomic E-state index is 14.1. The Morgan fingerprint density at radius 2 is 1.72 bits per heavy atom. The number of rotatable bonds is 4. The fourth-order valence-corrected chi connectivity index (χ4v) is 5.35. The van der Waals surface area contributed by atoms with Crippen molar-refractivity contribution in [3.8, 4) is 6.07 Å². The fraction of sp³-hybridized carbons (Fsp3) is 0.357. The molecule has 202 valence electrons. The largest absolute Gasteiger partial charge is 0.416 e. The van der Waals surface area contributed by atoms with Gasteiger partial charge in [-0.25, -0.2) is 4.79 Å². The Balaban J connectivity index is 1.61. The lowest BCUT2D eigenvalue weighted by atomic mass is 9.92. The smallest absolute Gasteiger partial charge is 0.339 e. The topological polar surface area (TPSA) is 88.0 Å². The number of Topliss-reactive ketones (excluding diaryl/α,β-unsaturated/α-hetero) is 1. The molecule has 0 saturated carbocycles. The average molecular weight is 538 g/mol. The number of nitriles is 1. The molecule has 3 amide bonds. The van der Waals surface area contributed by atoms with Gasteiger partial charge in [-0.3, -0.25) is 14.5 Å². The van der Waals surface area contributed by atoms with Gasteiger partial charge in [0.1, 0.15) is 6.54 Å². The van der Waals surface area contributed by atoms with Crippen molar-refractivity contribution in [2.24, 2.45) is 0 Å². The Kier molecular flexibility index (Phi) is 6.91. The monoisotopic (exact) mass is 537 g/mol. The van der Waals surface area contributed by atoms with E-state index >= 15 is 0 Å². The van der Waals surface area contributed by atoms with Crippen LogP contribution in [0.1, 0.15) is 35.6 Å². The number of nitrogens with zero attached hydrogens (tertiary/aromatic N) is 5. The molecule has 1 atom stereocenters. The Labute approximate surface area is 223 Å². The van der Waals surface area contributed by atoms with Crippen molar-refractivity contribution in [1.29, 1.82) is 5.26 Å². The third kappa shape index (κ3) is 5.00. The SMILES string of the molecule is CN1CCN(C(=O)CN2C(=O)N(c3cccc(C(F)(F)F)c3)C3=C(C(=O)CC3)C2c2ccc(C#N)cc2)CC1. The van der Waals surface area contributed by atoms with Crippen LogP contribution < -0.4 is 4.90 Å². The summed E-state index contributed by atoms with van der Waals surface area (Å²) >= 11 is 0. The van der Waals surface area contributed by atoms with E-state index in [1.165, 1.54) is 17.0 Å². The summed E-state index contributed by atoms with van der Waals surface area (Å²) in [5, 5.41) is 9.23. The number of benzene rings is 2. The fourth-order valence-electron chi connectivity index (χ4n) is 5.35. The van der Waals surface area contributed by atoms with E-state index in [1.54, 1.807) is 29.2 Å². The molecule has 1 unspecified atom stereocenters. The molecular formula is C28H26F3N5O3.